The molecule has 0 aromatic rings. The third kappa shape index (κ3) is 3.92. The Morgan fingerprint density at radius 2 is 1.06 bits per heavy atom. The Balaban J connectivity index is 5.01. The van der Waals surface area contributed by atoms with Crippen LogP contribution in [0.1, 0.15) is 68.2 Å². The van der Waals surface area contributed by atoms with Gasteiger partial charge in [-0.1, -0.05) is 55.4 Å². The van der Waals surface area contributed by atoms with Gasteiger partial charge in [0.1, 0.15) is 5.78 Å². The molecule has 2 atom stereocenters. The number of carbonyl (C=O) groups is 1. The molecule has 0 saturated carbocycles. The second kappa shape index (κ2) is 5.33. The zero-order valence-electron chi connectivity index (χ0n) is 12.5. The molecule has 96 valence electrons. The van der Waals surface area contributed by atoms with E-state index in [1.54, 1.807) is 0 Å². The number of hydrogen-bond donors (Lipinski definition) is 0. The van der Waals surface area contributed by atoms with Gasteiger partial charge in [0.15, 0.2) is 0 Å². The van der Waals surface area contributed by atoms with Gasteiger partial charge in [0, 0.05) is 11.8 Å². The quantitative estimate of drug-likeness (QED) is 0.679. The van der Waals surface area contributed by atoms with Crippen molar-refractivity contribution in [1.82, 2.24) is 0 Å². The maximum atomic E-state index is 12.6. The highest BCUT2D eigenvalue weighted by atomic mass is 16.1. The summed E-state index contributed by atoms with van der Waals surface area (Å²) in [5.41, 5.74) is 0.176. The van der Waals surface area contributed by atoms with Crippen molar-refractivity contribution in [2.24, 2.45) is 22.7 Å². The minimum absolute atomic E-state index is 0.0878. The number of carbonyl (C=O) groups excluding carboxylic acids is 1. The van der Waals surface area contributed by atoms with Crippen LogP contribution in [0, 0.1) is 22.7 Å². The first-order valence-corrected chi connectivity index (χ1v) is 6.59. The van der Waals surface area contributed by atoms with Gasteiger partial charge in [0.25, 0.3) is 0 Å². The van der Waals surface area contributed by atoms with Crippen molar-refractivity contribution in [3.63, 3.8) is 0 Å². The summed E-state index contributed by atoms with van der Waals surface area (Å²) in [5, 5.41) is 0. The van der Waals surface area contributed by atoms with Crippen molar-refractivity contribution in [1.29, 1.82) is 0 Å². The molecule has 1 nitrogen and oxygen atoms in total. The molecule has 0 aromatic carbocycles. The standard InChI is InChI=1S/C15H30O/c1-9-11(14(3,4)5)13(16)12(10-2)15(6,7)8/h11-12H,9-10H2,1-8H3. The van der Waals surface area contributed by atoms with Crippen LogP contribution >= 0.6 is 0 Å². The van der Waals surface area contributed by atoms with Gasteiger partial charge in [-0.2, -0.15) is 0 Å². The van der Waals surface area contributed by atoms with Gasteiger partial charge in [-0.15, -0.1) is 0 Å². The molecule has 0 bridgehead atoms. The summed E-state index contributed by atoms with van der Waals surface area (Å²) < 4.78 is 0. The molecule has 0 heterocycles. The van der Waals surface area contributed by atoms with E-state index in [1.165, 1.54) is 0 Å². The molecule has 0 saturated heterocycles. The highest BCUT2D eigenvalue weighted by Crippen LogP contribution is 2.38. The monoisotopic (exact) mass is 226 g/mol. The summed E-state index contributed by atoms with van der Waals surface area (Å²) in [5.74, 6) is 0.846. The van der Waals surface area contributed by atoms with Crippen LogP contribution in [0.2, 0.25) is 0 Å². The second-order valence-corrected chi connectivity index (χ2v) is 7.06. The predicted molar refractivity (Wildman–Crippen MR) is 71.5 cm³/mol. The predicted octanol–water partition coefficient (Wildman–Crippen LogP) is 4.70. The Morgan fingerprint density at radius 3 is 1.19 bits per heavy atom. The van der Waals surface area contributed by atoms with Crippen LogP contribution in [0.15, 0.2) is 0 Å². The lowest BCUT2D eigenvalue weighted by Gasteiger charge is -2.36. The van der Waals surface area contributed by atoms with Crippen molar-refractivity contribution in [2.45, 2.75) is 68.2 Å². The SMILES string of the molecule is CCC(C(=O)C(CC)C(C)(C)C)C(C)(C)C. The summed E-state index contributed by atoms with van der Waals surface area (Å²) >= 11 is 0. The Kier molecular flexibility index (Phi) is 5.22. The molecule has 0 fully saturated rings. The molecule has 1 heteroatoms. The Labute approximate surface area is 102 Å². The first-order valence-electron chi connectivity index (χ1n) is 6.59. The van der Waals surface area contributed by atoms with Crippen molar-refractivity contribution in [3.8, 4) is 0 Å². The third-order valence-electron chi connectivity index (χ3n) is 3.59. The lowest BCUT2D eigenvalue weighted by atomic mass is 9.67. The fourth-order valence-corrected chi connectivity index (χ4v) is 2.72. The van der Waals surface area contributed by atoms with Gasteiger partial charge in [-0.25, -0.2) is 0 Å². The fraction of sp³-hybridized carbons (Fsp3) is 0.933. The highest BCUT2D eigenvalue weighted by molar-refractivity contribution is 5.84. The van der Waals surface area contributed by atoms with Gasteiger partial charge in [0.2, 0.25) is 0 Å². The topological polar surface area (TPSA) is 17.1 Å². The molecule has 0 aromatic heterocycles. The van der Waals surface area contributed by atoms with Crippen LogP contribution in [0.25, 0.3) is 0 Å². The van der Waals surface area contributed by atoms with Crippen LogP contribution in [0.5, 0.6) is 0 Å². The van der Waals surface area contributed by atoms with Crippen LogP contribution < -0.4 is 0 Å². The van der Waals surface area contributed by atoms with E-state index in [0.29, 0.717) is 5.78 Å². The van der Waals surface area contributed by atoms with Gasteiger partial charge in [-0.3, -0.25) is 4.79 Å². The Morgan fingerprint density at radius 1 is 0.812 bits per heavy atom. The van der Waals surface area contributed by atoms with Crippen LogP contribution in [0.4, 0.5) is 0 Å². The zero-order chi connectivity index (χ0) is 13.1. The summed E-state index contributed by atoms with van der Waals surface area (Å²) in [6.45, 7) is 17.3. The minimum Gasteiger partial charge on any atom is -0.299 e. The normalized spacial score (nSPS) is 17.0. The number of ketones is 1. The van der Waals surface area contributed by atoms with Crippen molar-refractivity contribution >= 4 is 5.78 Å². The van der Waals surface area contributed by atoms with Gasteiger partial charge in [-0.05, 0) is 23.7 Å². The summed E-state index contributed by atoms with van der Waals surface area (Å²) in [6.07, 6.45) is 1.91. The van der Waals surface area contributed by atoms with Crippen LogP contribution in [0.3, 0.4) is 0 Å². The largest absolute Gasteiger partial charge is 0.299 e. The lowest BCUT2D eigenvalue weighted by molar-refractivity contribution is -0.133. The minimum atomic E-state index is 0.0878. The average molecular weight is 226 g/mol. The first kappa shape index (κ1) is 15.7. The molecule has 2 unspecified atom stereocenters. The molecule has 0 N–H and O–H groups in total. The summed E-state index contributed by atoms with van der Waals surface area (Å²) in [7, 11) is 0. The fourth-order valence-electron chi connectivity index (χ4n) is 2.72. The molecule has 0 spiro atoms. The van der Waals surface area contributed by atoms with Gasteiger partial charge >= 0.3 is 0 Å². The first-order chi connectivity index (χ1) is 7.05. The average Bonchev–Trinajstić information content (AvgIpc) is 2.00. The van der Waals surface area contributed by atoms with E-state index in [2.05, 4.69) is 55.4 Å². The van der Waals surface area contributed by atoms with Gasteiger partial charge in [0.05, 0.1) is 0 Å². The maximum absolute atomic E-state index is 12.6. The smallest absolute Gasteiger partial charge is 0.140 e. The lowest BCUT2D eigenvalue weighted by Crippen LogP contribution is -2.38. The summed E-state index contributed by atoms with van der Waals surface area (Å²) in [6, 6.07) is 0. The van der Waals surface area contributed by atoms with E-state index < -0.39 is 0 Å². The van der Waals surface area contributed by atoms with E-state index in [1.807, 2.05) is 0 Å². The van der Waals surface area contributed by atoms with Crippen molar-refractivity contribution in [2.75, 3.05) is 0 Å². The molecule has 0 radical (unpaired) electrons. The number of Topliss-reactive ketones (excluding diaryl/α,β-unsaturated/α-hetero) is 1. The van der Waals surface area contributed by atoms with E-state index in [4.69, 9.17) is 0 Å². The zero-order valence-corrected chi connectivity index (χ0v) is 12.5. The maximum Gasteiger partial charge on any atom is 0.140 e. The Hall–Kier alpha value is -0.330. The van der Waals surface area contributed by atoms with Crippen LogP contribution in [-0.2, 0) is 4.79 Å². The van der Waals surface area contributed by atoms with Crippen molar-refractivity contribution in [3.05, 3.63) is 0 Å². The van der Waals surface area contributed by atoms with E-state index in [9.17, 15) is 4.79 Å². The highest BCUT2D eigenvalue weighted by Gasteiger charge is 2.38. The van der Waals surface area contributed by atoms with Crippen molar-refractivity contribution < 1.29 is 4.79 Å². The second-order valence-electron chi connectivity index (χ2n) is 7.06. The van der Waals surface area contributed by atoms with E-state index in [0.717, 1.165) is 12.8 Å². The Bertz CT molecular complexity index is 203. The van der Waals surface area contributed by atoms with Gasteiger partial charge < -0.3 is 0 Å². The molecule has 0 aliphatic heterocycles. The molecular formula is C15H30O. The number of hydrogen-bond acceptors (Lipinski definition) is 1. The molecule has 0 aliphatic rings. The molecular weight excluding hydrogens is 196 g/mol. The van der Waals surface area contributed by atoms with E-state index in [-0.39, 0.29) is 22.7 Å². The van der Waals surface area contributed by atoms with Crippen LogP contribution in [-0.4, -0.2) is 5.78 Å². The number of rotatable bonds is 4. The molecule has 16 heavy (non-hydrogen) atoms. The molecule has 0 rings (SSSR count). The molecule has 0 amide bonds. The molecule has 0 aliphatic carbocycles. The van der Waals surface area contributed by atoms with E-state index >= 15 is 0 Å². The third-order valence-corrected chi connectivity index (χ3v) is 3.59. The summed E-state index contributed by atoms with van der Waals surface area (Å²) in [4.78, 5) is 12.6.